The lowest BCUT2D eigenvalue weighted by molar-refractivity contribution is -0.870. The third kappa shape index (κ3) is 42.3. The number of ether oxygens (including phenoxy) is 2. The van der Waals surface area contributed by atoms with E-state index in [2.05, 4.69) is 62.5 Å². The van der Waals surface area contributed by atoms with E-state index in [0.29, 0.717) is 17.4 Å². The van der Waals surface area contributed by atoms with Gasteiger partial charge in [-0.15, -0.1) is 0 Å². The second kappa shape index (κ2) is 39.1. The summed E-state index contributed by atoms with van der Waals surface area (Å²) in [5.74, 6) is -1.15. The Labute approximate surface area is 353 Å². The van der Waals surface area contributed by atoms with Crippen molar-refractivity contribution in [3.05, 3.63) is 109 Å². The Morgan fingerprint density at radius 3 is 1.72 bits per heavy atom. The largest absolute Gasteiger partial charge is 0.472 e. The van der Waals surface area contributed by atoms with Crippen molar-refractivity contribution in [3.63, 3.8) is 0 Å². The lowest BCUT2D eigenvalue weighted by Gasteiger charge is -2.24. The fourth-order valence-electron chi connectivity index (χ4n) is 5.15. The van der Waals surface area contributed by atoms with Crippen LogP contribution in [0.25, 0.3) is 0 Å². The number of nitrogens with zero attached hydrogens (tertiary/aromatic N) is 1. The molecule has 0 aliphatic rings. The van der Waals surface area contributed by atoms with Gasteiger partial charge in [-0.25, -0.2) is 9.36 Å². The summed E-state index contributed by atoms with van der Waals surface area (Å²) in [6.45, 7) is 4.05. The highest BCUT2D eigenvalue weighted by molar-refractivity contribution is 7.47. The molecule has 2 atom stereocenters. The molecule has 0 radical (unpaired) electrons. The third-order valence-electron chi connectivity index (χ3n) is 8.53. The first-order chi connectivity index (χ1) is 28.0. The zero-order chi connectivity index (χ0) is 42.8. The molecule has 0 fully saturated rings. The Kier molecular flexibility index (Phi) is 36.9. The van der Waals surface area contributed by atoms with Crippen LogP contribution in [0.3, 0.4) is 0 Å². The van der Waals surface area contributed by atoms with Crippen LogP contribution in [-0.2, 0) is 32.7 Å². The van der Waals surface area contributed by atoms with Gasteiger partial charge in [-0.05, 0) is 51.4 Å². The van der Waals surface area contributed by atoms with Gasteiger partial charge in [0.15, 0.2) is 6.10 Å². The van der Waals surface area contributed by atoms with E-state index in [1.54, 1.807) is 12.2 Å². The van der Waals surface area contributed by atoms with Crippen LogP contribution in [0.4, 0.5) is 0 Å². The van der Waals surface area contributed by atoms with Crippen molar-refractivity contribution in [2.45, 2.75) is 136 Å². The van der Waals surface area contributed by atoms with E-state index in [1.807, 2.05) is 57.6 Å². The van der Waals surface area contributed by atoms with Crippen LogP contribution in [0.5, 0.6) is 0 Å². The number of rotatable bonds is 37. The normalized spacial score (nSPS) is 14.7. The minimum absolute atomic E-state index is 0.00476. The first kappa shape index (κ1) is 54.7. The SMILES string of the molecule is CC/C=C\C/C=C\C/C=C\CCCCCCCC(=O)OC[C@H](COP(=O)(O)OCC[N+](C)(C)C)OC(=O)C=CC=CC=CC=CC=CC=CCCCCCCCCC. The number of phosphoric ester groups is 1. The summed E-state index contributed by atoms with van der Waals surface area (Å²) in [5.41, 5.74) is 0. The summed E-state index contributed by atoms with van der Waals surface area (Å²) in [6, 6.07) is 0. The summed E-state index contributed by atoms with van der Waals surface area (Å²) in [6.07, 6.45) is 53.6. The van der Waals surface area contributed by atoms with Crippen LogP contribution in [0.1, 0.15) is 129 Å². The van der Waals surface area contributed by atoms with E-state index in [0.717, 1.165) is 57.8 Å². The zero-order valence-corrected chi connectivity index (χ0v) is 37.6. The van der Waals surface area contributed by atoms with E-state index in [-0.39, 0.29) is 19.6 Å². The third-order valence-corrected chi connectivity index (χ3v) is 9.51. The molecule has 0 aromatic carbocycles. The maximum Gasteiger partial charge on any atom is 0.472 e. The fourth-order valence-corrected chi connectivity index (χ4v) is 5.89. The highest BCUT2D eigenvalue weighted by atomic mass is 31.2. The highest BCUT2D eigenvalue weighted by Gasteiger charge is 2.26. The summed E-state index contributed by atoms with van der Waals surface area (Å²) < 4.78 is 34.0. The number of unbranched alkanes of at least 4 members (excludes halogenated alkanes) is 12. The molecule has 1 unspecified atom stereocenters. The molecule has 0 aliphatic heterocycles. The second-order valence-corrected chi connectivity index (χ2v) is 16.6. The van der Waals surface area contributed by atoms with Gasteiger partial charge in [-0.2, -0.15) is 0 Å². The standard InChI is InChI=1S/C48H78NO8P/c1-6-8-10-12-14-16-18-20-22-23-24-25-27-29-31-33-35-37-39-41-48(51)57-46(45-56-58(52,53)55-43-42-49(3,4)5)44-54-47(50)40-38-36-34-32-30-28-26-21-19-17-15-13-11-9-7-2/h9,11,15,17,21-27,29,31,33,35,37,39,41,46H,6-8,10,12-14,16,18-20,28,30,32,34,36,38,40,42-45H2,1-5H3/p+1/b11-9-,17-15-,23-22?,25-24?,26-21-,29-27?,33-31?,37-35?,41-39?/t46-/m1/s1. The summed E-state index contributed by atoms with van der Waals surface area (Å²) >= 11 is 0. The van der Waals surface area contributed by atoms with Gasteiger partial charge in [-0.1, -0.05) is 175 Å². The quantitative estimate of drug-likeness (QED) is 0.0125. The molecule has 9 nitrogen and oxygen atoms in total. The van der Waals surface area contributed by atoms with Crippen molar-refractivity contribution < 1.29 is 42.1 Å². The molecule has 10 heteroatoms. The van der Waals surface area contributed by atoms with Crippen molar-refractivity contribution in [2.75, 3.05) is 47.5 Å². The molecule has 58 heavy (non-hydrogen) atoms. The molecule has 0 rings (SSSR count). The summed E-state index contributed by atoms with van der Waals surface area (Å²) in [7, 11) is 1.35. The molecule has 0 bridgehead atoms. The molecule has 328 valence electrons. The molecule has 0 saturated heterocycles. The van der Waals surface area contributed by atoms with Crippen LogP contribution in [0.2, 0.25) is 0 Å². The Morgan fingerprint density at radius 2 is 1.12 bits per heavy atom. The maximum absolute atomic E-state index is 12.6. The lowest BCUT2D eigenvalue weighted by atomic mass is 10.1. The van der Waals surface area contributed by atoms with E-state index < -0.39 is 32.5 Å². The number of hydrogen-bond acceptors (Lipinski definition) is 7. The van der Waals surface area contributed by atoms with Gasteiger partial charge in [0.05, 0.1) is 27.7 Å². The molecule has 0 amide bonds. The van der Waals surface area contributed by atoms with E-state index >= 15 is 0 Å². The average Bonchev–Trinajstić information content (AvgIpc) is 3.17. The number of phosphoric acid groups is 1. The zero-order valence-electron chi connectivity index (χ0n) is 36.7. The molecular weight excluding hydrogens is 750 g/mol. The van der Waals surface area contributed by atoms with Crippen molar-refractivity contribution in [3.8, 4) is 0 Å². The van der Waals surface area contributed by atoms with E-state index in [9.17, 15) is 19.0 Å². The first-order valence-corrected chi connectivity index (χ1v) is 23.2. The fraction of sp³-hybridized carbons (Fsp3) is 0.583. The Bertz CT molecular complexity index is 1350. The predicted molar refractivity (Wildman–Crippen MR) is 242 cm³/mol. The van der Waals surface area contributed by atoms with Crippen molar-refractivity contribution >= 4 is 19.8 Å². The molecule has 1 N–H and O–H groups in total. The Balaban J connectivity index is 4.67. The lowest BCUT2D eigenvalue weighted by Crippen LogP contribution is -2.37. The van der Waals surface area contributed by atoms with Gasteiger partial charge in [0.25, 0.3) is 0 Å². The van der Waals surface area contributed by atoms with Crippen molar-refractivity contribution in [1.29, 1.82) is 0 Å². The van der Waals surface area contributed by atoms with Crippen LogP contribution in [0, 0.1) is 0 Å². The molecule has 0 aromatic heterocycles. The number of esters is 2. The molecule has 0 saturated carbocycles. The van der Waals surface area contributed by atoms with E-state index in [1.165, 1.54) is 57.1 Å². The van der Waals surface area contributed by atoms with Gasteiger partial charge < -0.3 is 18.9 Å². The highest BCUT2D eigenvalue weighted by Crippen LogP contribution is 2.43. The monoisotopic (exact) mass is 829 g/mol. The molecule has 0 heterocycles. The topological polar surface area (TPSA) is 108 Å². The molecular formula is C48H79NO8P+. The number of hydrogen-bond donors (Lipinski definition) is 1. The number of quaternary nitrogens is 1. The first-order valence-electron chi connectivity index (χ1n) is 21.7. The molecule has 0 aromatic rings. The van der Waals surface area contributed by atoms with Crippen LogP contribution >= 0.6 is 7.82 Å². The number of likely N-dealkylation sites (N-methyl/N-ethyl adjacent to an activating group) is 1. The second-order valence-electron chi connectivity index (χ2n) is 15.2. The number of allylic oxidation sites excluding steroid dienone is 17. The van der Waals surface area contributed by atoms with Gasteiger partial charge in [0.2, 0.25) is 0 Å². The molecule has 0 spiro atoms. The summed E-state index contributed by atoms with van der Waals surface area (Å²) in [5, 5.41) is 0. The Morgan fingerprint density at radius 1 is 0.603 bits per heavy atom. The van der Waals surface area contributed by atoms with Crippen molar-refractivity contribution in [1.82, 2.24) is 0 Å². The van der Waals surface area contributed by atoms with Gasteiger partial charge in [-0.3, -0.25) is 13.8 Å². The van der Waals surface area contributed by atoms with Gasteiger partial charge in [0, 0.05) is 12.5 Å². The predicted octanol–water partition coefficient (Wildman–Crippen LogP) is 12.3. The van der Waals surface area contributed by atoms with E-state index in [4.69, 9.17) is 18.5 Å². The maximum atomic E-state index is 12.6. The van der Waals surface area contributed by atoms with Crippen LogP contribution in [0.15, 0.2) is 109 Å². The van der Waals surface area contributed by atoms with Crippen molar-refractivity contribution in [2.24, 2.45) is 0 Å². The number of carbonyl (C=O) groups is 2. The Hall–Kier alpha value is -3.33. The van der Waals surface area contributed by atoms with Gasteiger partial charge in [0.1, 0.15) is 19.8 Å². The minimum Gasteiger partial charge on any atom is -0.462 e. The molecule has 0 aliphatic carbocycles. The summed E-state index contributed by atoms with van der Waals surface area (Å²) in [4.78, 5) is 35.2. The number of carbonyl (C=O) groups excluding carboxylic acids is 2. The van der Waals surface area contributed by atoms with Gasteiger partial charge >= 0.3 is 19.8 Å². The average molecular weight is 829 g/mol. The van der Waals surface area contributed by atoms with Crippen LogP contribution < -0.4 is 0 Å². The van der Waals surface area contributed by atoms with Crippen LogP contribution in [-0.4, -0.2) is 74.9 Å². The minimum atomic E-state index is -4.43. The smallest absolute Gasteiger partial charge is 0.462 e.